The third-order valence-electron chi connectivity index (χ3n) is 5.13. The molecule has 4 heterocycles. The van der Waals surface area contributed by atoms with Gasteiger partial charge in [0, 0.05) is 19.7 Å². The first-order chi connectivity index (χ1) is 15.0. The molecule has 12 nitrogen and oxygen atoms in total. The van der Waals surface area contributed by atoms with Crippen molar-refractivity contribution in [1.82, 2.24) is 30.0 Å². The summed E-state index contributed by atoms with van der Waals surface area (Å²) >= 11 is 0. The molecule has 0 radical (unpaired) electrons. The molecule has 4 N–H and O–H groups in total. The van der Waals surface area contributed by atoms with Crippen molar-refractivity contribution in [3.05, 3.63) is 29.7 Å². The third kappa shape index (κ3) is 3.73. The number of nitrogens with zero attached hydrogens (tertiary/aromatic N) is 5. The number of imidazole rings is 1. The number of fused-ring (bicyclic) bond motifs is 1. The molecule has 0 aromatic carbocycles. The van der Waals surface area contributed by atoms with E-state index in [0.717, 1.165) is 6.42 Å². The zero-order valence-corrected chi connectivity index (χ0v) is 17.4. The van der Waals surface area contributed by atoms with Crippen LogP contribution in [0.3, 0.4) is 0 Å². The summed E-state index contributed by atoms with van der Waals surface area (Å²) in [5.74, 6) is 0.213. The molecule has 1 fully saturated rings. The lowest BCUT2D eigenvalue weighted by Crippen LogP contribution is -2.29. The molecule has 0 spiro atoms. The van der Waals surface area contributed by atoms with Crippen LogP contribution in [0.15, 0.2) is 16.9 Å². The van der Waals surface area contributed by atoms with Gasteiger partial charge in [0.05, 0.1) is 12.0 Å². The van der Waals surface area contributed by atoms with Crippen molar-refractivity contribution >= 4 is 22.9 Å². The molecular formula is C19H25N7O5. The molecule has 31 heavy (non-hydrogen) atoms. The number of amides is 1. The van der Waals surface area contributed by atoms with Crippen LogP contribution in [0.5, 0.6) is 0 Å². The first-order valence-corrected chi connectivity index (χ1v) is 10.2. The summed E-state index contributed by atoms with van der Waals surface area (Å²) in [7, 11) is 1.66. The van der Waals surface area contributed by atoms with E-state index in [1.165, 1.54) is 10.9 Å². The van der Waals surface area contributed by atoms with Gasteiger partial charge in [0.25, 0.3) is 5.91 Å². The quantitative estimate of drug-likeness (QED) is 0.416. The maximum absolute atomic E-state index is 12.4. The van der Waals surface area contributed by atoms with Crippen molar-refractivity contribution in [1.29, 1.82) is 0 Å². The van der Waals surface area contributed by atoms with Gasteiger partial charge in [-0.2, -0.15) is 0 Å². The Bertz CT molecular complexity index is 1080. The van der Waals surface area contributed by atoms with E-state index in [4.69, 9.17) is 9.26 Å². The Kier molecular flexibility index (Phi) is 5.85. The van der Waals surface area contributed by atoms with Crippen molar-refractivity contribution in [3.8, 4) is 0 Å². The van der Waals surface area contributed by atoms with Crippen LogP contribution in [-0.2, 0) is 11.2 Å². The van der Waals surface area contributed by atoms with Gasteiger partial charge in [-0.15, -0.1) is 0 Å². The maximum Gasteiger partial charge on any atom is 0.289 e. The summed E-state index contributed by atoms with van der Waals surface area (Å²) in [6, 6.07) is 1.69. The van der Waals surface area contributed by atoms with Crippen LogP contribution in [0.25, 0.3) is 11.2 Å². The lowest BCUT2D eigenvalue weighted by Gasteiger charge is -2.16. The van der Waals surface area contributed by atoms with Crippen molar-refractivity contribution in [3.63, 3.8) is 0 Å². The summed E-state index contributed by atoms with van der Waals surface area (Å²) in [4.78, 5) is 25.3. The van der Waals surface area contributed by atoms with Gasteiger partial charge in [-0.25, -0.2) is 15.0 Å². The van der Waals surface area contributed by atoms with E-state index in [9.17, 15) is 15.0 Å². The average Bonchev–Trinajstić information content (AvgIpc) is 3.49. The minimum absolute atomic E-state index is 0.0422. The number of aromatic nitrogens is 5. The molecule has 1 aliphatic heterocycles. The van der Waals surface area contributed by atoms with Gasteiger partial charge in [0.15, 0.2) is 29.0 Å². The third-order valence-corrected chi connectivity index (χ3v) is 5.13. The van der Waals surface area contributed by atoms with Gasteiger partial charge < -0.3 is 30.1 Å². The van der Waals surface area contributed by atoms with E-state index >= 15 is 0 Å². The Morgan fingerprint density at radius 3 is 2.74 bits per heavy atom. The van der Waals surface area contributed by atoms with E-state index in [0.29, 0.717) is 35.8 Å². The normalized spacial score (nSPS) is 23.4. The van der Waals surface area contributed by atoms with Crippen molar-refractivity contribution < 1.29 is 24.3 Å². The van der Waals surface area contributed by atoms with Gasteiger partial charge in [0.1, 0.15) is 18.3 Å². The predicted octanol–water partition coefficient (Wildman–Crippen LogP) is 0.550. The molecule has 1 saturated heterocycles. The molecule has 0 saturated carbocycles. The zero-order chi connectivity index (χ0) is 22.1. The van der Waals surface area contributed by atoms with E-state index in [1.54, 1.807) is 13.1 Å². The number of aliphatic hydroxyl groups excluding tert-OH is 2. The molecule has 1 amide bonds. The van der Waals surface area contributed by atoms with Crippen LogP contribution in [-0.4, -0.2) is 66.6 Å². The standard InChI is InChI=1S/C19H25N7O5/c1-4-6-21-18(29)16-23-15(20-3)11-17(24-16)26(8-22-11)19-13(28)12(27)14(30-19)10-7-9(5-2)25-31-10/h7-8,12-14,19,27-28H,4-6H2,1-3H3,(H,21,29)(H,20,23,24)/t12-,13+,14+,19+/m0/s1. The summed E-state index contributed by atoms with van der Waals surface area (Å²) in [5.41, 5.74) is 1.40. The van der Waals surface area contributed by atoms with Crippen LogP contribution in [0.2, 0.25) is 0 Å². The number of carbonyl (C=O) groups excluding carboxylic acids is 1. The lowest BCUT2D eigenvalue weighted by molar-refractivity contribution is -0.0434. The second kappa shape index (κ2) is 8.57. The average molecular weight is 431 g/mol. The number of aryl methyl sites for hydroxylation is 1. The molecule has 0 unspecified atom stereocenters. The van der Waals surface area contributed by atoms with E-state index in [2.05, 4.69) is 30.7 Å². The van der Waals surface area contributed by atoms with E-state index in [-0.39, 0.29) is 11.5 Å². The minimum atomic E-state index is -1.29. The largest absolute Gasteiger partial charge is 0.387 e. The van der Waals surface area contributed by atoms with Crippen LogP contribution in [0.4, 0.5) is 5.82 Å². The van der Waals surface area contributed by atoms with Crippen LogP contribution >= 0.6 is 0 Å². The van der Waals surface area contributed by atoms with Crippen LogP contribution in [0, 0.1) is 0 Å². The fourth-order valence-corrected chi connectivity index (χ4v) is 3.45. The number of anilines is 1. The van der Waals surface area contributed by atoms with Crippen molar-refractivity contribution in [2.24, 2.45) is 0 Å². The number of nitrogens with one attached hydrogen (secondary N) is 2. The monoisotopic (exact) mass is 431 g/mol. The molecule has 3 aromatic rings. The zero-order valence-electron chi connectivity index (χ0n) is 17.4. The fourth-order valence-electron chi connectivity index (χ4n) is 3.45. The minimum Gasteiger partial charge on any atom is -0.387 e. The highest BCUT2D eigenvalue weighted by Gasteiger charge is 2.47. The molecule has 166 valence electrons. The van der Waals surface area contributed by atoms with Crippen molar-refractivity contribution in [2.45, 2.75) is 51.2 Å². The van der Waals surface area contributed by atoms with E-state index < -0.39 is 30.4 Å². The molecule has 4 rings (SSSR count). The first-order valence-electron chi connectivity index (χ1n) is 10.2. The highest BCUT2D eigenvalue weighted by molar-refractivity contribution is 5.94. The molecule has 12 heteroatoms. The summed E-state index contributed by atoms with van der Waals surface area (Å²) < 4.78 is 12.7. The first kappa shape index (κ1) is 21.2. The lowest BCUT2D eigenvalue weighted by atomic mass is 10.1. The van der Waals surface area contributed by atoms with Crippen molar-refractivity contribution in [2.75, 3.05) is 18.9 Å². The molecule has 1 aliphatic rings. The number of hydrogen-bond acceptors (Lipinski definition) is 10. The summed E-state index contributed by atoms with van der Waals surface area (Å²) in [6.07, 6.45) is -1.60. The molecule has 0 aliphatic carbocycles. The molecule has 3 aromatic heterocycles. The summed E-state index contributed by atoms with van der Waals surface area (Å²) in [5, 5.41) is 30.8. The Morgan fingerprint density at radius 1 is 1.26 bits per heavy atom. The Balaban J connectivity index is 1.70. The van der Waals surface area contributed by atoms with Crippen LogP contribution in [0.1, 0.15) is 54.7 Å². The smallest absolute Gasteiger partial charge is 0.289 e. The Morgan fingerprint density at radius 2 is 2.06 bits per heavy atom. The van der Waals surface area contributed by atoms with Gasteiger partial charge in [0.2, 0.25) is 5.82 Å². The van der Waals surface area contributed by atoms with E-state index in [1.807, 2.05) is 13.8 Å². The SMILES string of the molecule is CCCNC(=O)c1nc(NC)c2ncn([C@@H]3O[C@H](c4cc(CC)no4)[C@@H](O)[C@H]3O)c2n1. The van der Waals surface area contributed by atoms with Gasteiger partial charge in [-0.05, 0) is 12.8 Å². The maximum atomic E-state index is 12.4. The number of carbonyl (C=O) groups is 1. The van der Waals surface area contributed by atoms with Gasteiger partial charge in [-0.1, -0.05) is 19.0 Å². The van der Waals surface area contributed by atoms with Gasteiger partial charge in [-0.3, -0.25) is 9.36 Å². The number of aliphatic hydroxyl groups is 2. The van der Waals surface area contributed by atoms with Gasteiger partial charge >= 0.3 is 0 Å². The molecular weight excluding hydrogens is 406 g/mol. The highest BCUT2D eigenvalue weighted by atomic mass is 16.6. The topological polar surface area (TPSA) is 160 Å². The summed E-state index contributed by atoms with van der Waals surface area (Å²) in [6.45, 7) is 4.36. The number of ether oxygens (including phenoxy) is 1. The second-order valence-corrected chi connectivity index (χ2v) is 7.23. The number of hydrogen-bond donors (Lipinski definition) is 4. The Labute approximate surface area is 177 Å². The fraction of sp³-hybridized carbons (Fsp3) is 0.526. The predicted molar refractivity (Wildman–Crippen MR) is 108 cm³/mol. The molecule has 0 bridgehead atoms. The Hall–Kier alpha value is -3.09. The number of rotatable bonds is 7. The van der Waals surface area contributed by atoms with Crippen LogP contribution < -0.4 is 10.6 Å². The second-order valence-electron chi connectivity index (χ2n) is 7.23. The highest BCUT2D eigenvalue weighted by Crippen LogP contribution is 2.40. The molecule has 4 atom stereocenters.